The molecule has 0 amide bonds. The highest BCUT2D eigenvalue weighted by Crippen LogP contribution is 2.22. The number of imidazole rings is 1. The summed E-state index contributed by atoms with van der Waals surface area (Å²) in [7, 11) is 1.98. The molecule has 104 valence electrons. The number of para-hydroxylation sites is 1. The molecule has 0 saturated heterocycles. The van der Waals surface area contributed by atoms with Gasteiger partial charge in [-0.25, -0.2) is 4.98 Å². The van der Waals surface area contributed by atoms with Crippen molar-refractivity contribution in [2.24, 2.45) is 0 Å². The van der Waals surface area contributed by atoms with Gasteiger partial charge >= 0.3 is 0 Å². The standard InChI is InChI=1S/C16H20N4/c1-3-19-9-8-18-16(19)12-20-11-13(10-17-2)14-6-4-5-7-15(14)20/h4-9,11,17H,3,10,12H2,1-2H3. The van der Waals surface area contributed by atoms with Gasteiger partial charge in [-0.2, -0.15) is 0 Å². The molecule has 20 heavy (non-hydrogen) atoms. The maximum Gasteiger partial charge on any atom is 0.128 e. The molecule has 0 atom stereocenters. The molecule has 0 bridgehead atoms. The number of nitrogens with zero attached hydrogens (tertiary/aromatic N) is 3. The highest BCUT2D eigenvalue weighted by atomic mass is 15.1. The van der Waals surface area contributed by atoms with Crippen LogP contribution in [-0.4, -0.2) is 21.2 Å². The van der Waals surface area contributed by atoms with Crippen molar-refractivity contribution in [3.63, 3.8) is 0 Å². The monoisotopic (exact) mass is 268 g/mol. The van der Waals surface area contributed by atoms with Gasteiger partial charge in [-0.15, -0.1) is 0 Å². The maximum absolute atomic E-state index is 4.47. The van der Waals surface area contributed by atoms with Gasteiger partial charge in [0.25, 0.3) is 0 Å². The predicted octanol–water partition coefficient (Wildman–Crippen LogP) is 2.63. The first kappa shape index (κ1) is 12.9. The zero-order valence-electron chi connectivity index (χ0n) is 12.0. The summed E-state index contributed by atoms with van der Waals surface area (Å²) in [6, 6.07) is 8.55. The number of aryl methyl sites for hydroxylation is 1. The Hall–Kier alpha value is -2.07. The van der Waals surface area contributed by atoms with E-state index in [0.29, 0.717) is 0 Å². The smallest absolute Gasteiger partial charge is 0.128 e. The van der Waals surface area contributed by atoms with Crippen LogP contribution in [-0.2, 0) is 19.6 Å². The van der Waals surface area contributed by atoms with Crippen LogP contribution < -0.4 is 5.32 Å². The Bertz CT molecular complexity index is 708. The molecule has 3 aromatic rings. The summed E-state index contributed by atoms with van der Waals surface area (Å²) >= 11 is 0. The van der Waals surface area contributed by atoms with E-state index in [1.54, 1.807) is 0 Å². The second kappa shape index (κ2) is 5.51. The van der Waals surface area contributed by atoms with E-state index in [0.717, 1.165) is 25.5 Å². The summed E-state index contributed by atoms with van der Waals surface area (Å²) in [5.41, 5.74) is 2.60. The SMILES string of the molecule is CCn1ccnc1Cn1cc(CNC)c2ccccc21. The van der Waals surface area contributed by atoms with Crippen LogP contribution in [0.4, 0.5) is 0 Å². The van der Waals surface area contributed by atoms with Crippen molar-refractivity contribution >= 4 is 10.9 Å². The predicted molar refractivity (Wildman–Crippen MR) is 81.7 cm³/mol. The Labute approximate surface area is 119 Å². The topological polar surface area (TPSA) is 34.8 Å². The quantitative estimate of drug-likeness (QED) is 0.772. The zero-order valence-corrected chi connectivity index (χ0v) is 12.0. The van der Waals surface area contributed by atoms with Crippen LogP contribution in [0.3, 0.4) is 0 Å². The Balaban J connectivity index is 2.03. The Morgan fingerprint density at radius 3 is 2.85 bits per heavy atom. The molecule has 4 heteroatoms. The van der Waals surface area contributed by atoms with E-state index in [2.05, 4.69) is 56.8 Å². The molecule has 1 aromatic carbocycles. The van der Waals surface area contributed by atoms with E-state index < -0.39 is 0 Å². The molecule has 0 aliphatic carbocycles. The van der Waals surface area contributed by atoms with Crippen molar-refractivity contribution < 1.29 is 0 Å². The second-order valence-electron chi connectivity index (χ2n) is 4.96. The minimum absolute atomic E-state index is 0.811. The minimum atomic E-state index is 0.811. The lowest BCUT2D eigenvalue weighted by molar-refractivity contribution is 0.660. The summed E-state index contributed by atoms with van der Waals surface area (Å²) in [6.07, 6.45) is 6.14. The molecule has 0 aliphatic heterocycles. The van der Waals surface area contributed by atoms with Crippen LogP contribution in [0.5, 0.6) is 0 Å². The molecule has 2 aromatic heterocycles. The van der Waals surface area contributed by atoms with E-state index in [1.165, 1.54) is 16.5 Å². The van der Waals surface area contributed by atoms with E-state index in [9.17, 15) is 0 Å². The van der Waals surface area contributed by atoms with Crippen LogP contribution in [0, 0.1) is 0 Å². The highest BCUT2D eigenvalue weighted by molar-refractivity contribution is 5.84. The van der Waals surface area contributed by atoms with Crippen molar-refractivity contribution in [3.8, 4) is 0 Å². The number of benzene rings is 1. The fourth-order valence-corrected chi connectivity index (χ4v) is 2.72. The molecular weight excluding hydrogens is 248 g/mol. The molecule has 0 unspecified atom stereocenters. The first-order valence-corrected chi connectivity index (χ1v) is 7.04. The molecule has 0 spiro atoms. The lowest BCUT2D eigenvalue weighted by Crippen LogP contribution is -2.07. The summed E-state index contributed by atoms with van der Waals surface area (Å²) < 4.78 is 4.48. The van der Waals surface area contributed by atoms with Crippen molar-refractivity contribution in [2.45, 2.75) is 26.6 Å². The van der Waals surface area contributed by atoms with E-state index >= 15 is 0 Å². The van der Waals surface area contributed by atoms with Crippen molar-refractivity contribution in [1.29, 1.82) is 0 Å². The summed E-state index contributed by atoms with van der Waals surface area (Å²) in [4.78, 5) is 4.47. The minimum Gasteiger partial charge on any atom is -0.340 e. The van der Waals surface area contributed by atoms with Gasteiger partial charge in [-0.1, -0.05) is 18.2 Å². The fourth-order valence-electron chi connectivity index (χ4n) is 2.72. The van der Waals surface area contributed by atoms with Crippen LogP contribution in [0.15, 0.2) is 42.9 Å². The van der Waals surface area contributed by atoms with Gasteiger partial charge in [-0.3, -0.25) is 0 Å². The Morgan fingerprint density at radius 1 is 1.20 bits per heavy atom. The molecule has 4 nitrogen and oxygen atoms in total. The van der Waals surface area contributed by atoms with Gasteiger partial charge < -0.3 is 14.5 Å². The number of fused-ring (bicyclic) bond motifs is 1. The van der Waals surface area contributed by atoms with Gasteiger partial charge in [0.1, 0.15) is 5.82 Å². The number of hydrogen-bond donors (Lipinski definition) is 1. The molecule has 1 N–H and O–H groups in total. The third-order valence-electron chi connectivity index (χ3n) is 3.69. The lowest BCUT2D eigenvalue weighted by atomic mass is 10.2. The third kappa shape index (κ3) is 2.23. The van der Waals surface area contributed by atoms with Crippen molar-refractivity contribution in [3.05, 3.63) is 54.2 Å². The first-order valence-electron chi connectivity index (χ1n) is 7.04. The Kier molecular flexibility index (Phi) is 3.56. The number of rotatable bonds is 5. The third-order valence-corrected chi connectivity index (χ3v) is 3.69. The number of nitrogens with one attached hydrogen (secondary N) is 1. The largest absolute Gasteiger partial charge is 0.340 e. The molecular formula is C16H20N4. The molecule has 0 saturated carbocycles. The van der Waals surface area contributed by atoms with Crippen LogP contribution >= 0.6 is 0 Å². The van der Waals surface area contributed by atoms with E-state index in [1.807, 2.05) is 19.4 Å². The average Bonchev–Trinajstić information content (AvgIpc) is 3.06. The zero-order chi connectivity index (χ0) is 13.9. The fraction of sp³-hybridized carbons (Fsp3) is 0.312. The average molecular weight is 268 g/mol. The highest BCUT2D eigenvalue weighted by Gasteiger charge is 2.09. The lowest BCUT2D eigenvalue weighted by Gasteiger charge is -2.07. The first-order chi connectivity index (χ1) is 9.83. The molecule has 0 radical (unpaired) electrons. The van der Waals surface area contributed by atoms with Crippen LogP contribution in [0.2, 0.25) is 0 Å². The van der Waals surface area contributed by atoms with Gasteiger partial charge in [0.05, 0.1) is 6.54 Å². The number of hydrogen-bond acceptors (Lipinski definition) is 2. The van der Waals surface area contributed by atoms with Gasteiger partial charge in [0, 0.05) is 42.6 Å². The van der Waals surface area contributed by atoms with Crippen molar-refractivity contribution in [1.82, 2.24) is 19.4 Å². The molecule has 2 heterocycles. The van der Waals surface area contributed by atoms with E-state index in [-0.39, 0.29) is 0 Å². The number of aromatic nitrogens is 3. The summed E-state index contributed by atoms with van der Waals surface area (Å²) in [5.74, 6) is 1.10. The van der Waals surface area contributed by atoms with Gasteiger partial charge in [0.2, 0.25) is 0 Å². The van der Waals surface area contributed by atoms with Gasteiger partial charge in [0.15, 0.2) is 0 Å². The van der Waals surface area contributed by atoms with Crippen LogP contribution in [0.1, 0.15) is 18.3 Å². The maximum atomic E-state index is 4.47. The Morgan fingerprint density at radius 2 is 2.05 bits per heavy atom. The second-order valence-corrected chi connectivity index (χ2v) is 4.96. The summed E-state index contributed by atoms with van der Waals surface area (Å²) in [5, 5.41) is 4.55. The van der Waals surface area contributed by atoms with Gasteiger partial charge in [-0.05, 0) is 25.6 Å². The van der Waals surface area contributed by atoms with E-state index in [4.69, 9.17) is 0 Å². The van der Waals surface area contributed by atoms with Crippen LogP contribution in [0.25, 0.3) is 10.9 Å². The normalized spacial score (nSPS) is 11.3. The molecule has 0 aliphatic rings. The molecule has 0 fully saturated rings. The molecule has 3 rings (SSSR count). The summed E-state index contributed by atoms with van der Waals surface area (Å²) in [6.45, 7) is 4.80. The van der Waals surface area contributed by atoms with Crippen molar-refractivity contribution in [2.75, 3.05) is 7.05 Å².